The fraction of sp³-hybridized carbons (Fsp3) is 0.278. The van der Waals surface area contributed by atoms with E-state index in [1.165, 1.54) is 6.07 Å². The molecule has 1 aliphatic heterocycles. The van der Waals surface area contributed by atoms with Crippen LogP contribution < -0.4 is 0 Å². The van der Waals surface area contributed by atoms with E-state index in [9.17, 15) is 9.18 Å². The molecule has 1 fully saturated rings. The van der Waals surface area contributed by atoms with Gasteiger partial charge in [0.15, 0.2) is 0 Å². The quantitative estimate of drug-likeness (QED) is 0.728. The second-order valence-electron chi connectivity index (χ2n) is 6.24. The van der Waals surface area contributed by atoms with Gasteiger partial charge in [-0.25, -0.2) is 9.37 Å². The third-order valence-corrected chi connectivity index (χ3v) is 4.43. The van der Waals surface area contributed by atoms with Crippen LogP contribution in [0.2, 0.25) is 0 Å². The number of carbonyl (C=O) groups is 1. The number of hydrogen-bond donors (Lipinski definition) is 0. The molecule has 1 amide bonds. The summed E-state index contributed by atoms with van der Waals surface area (Å²) in [5.74, 6) is -0.579. The highest BCUT2D eigenvalue weighted by molar-refractivity contribution is 5.95. The molecule has 0 saturated carbocycles. The first-order valence-corrected chi connectivity index (χ1v) is 7.90. The third-order valence-electron chi connectivity index (χ3n) is 4.43. The number of pyridine rings is 1. The first-order chi connectivity index (χ1) is 11.5. The number of likely N-dealkylation sites (tertiary alicyclic amines) is 1. The number of aryl methyl sites for hydroxylation is 2. The van der Waals surface area contributed by atoms with Crippen molar-refractivity contribution in [1.82, 2.24) is 19.7 Å². The molecule has 3 heterocycles. The van der Waals surface area contributed by atoms with Crippen molar-refractivity contribution in [2.75, 3.05) is 13.1 Å². The van der Waals surface area contributed by atoms with E-state index >= 15 is 0 Å². The molecule has 2 aromatic heterocycles. The lowest BCUT2D eigenvalue weighted by atomic mass is 10.1. The van der Waals surface area contributed by atoms with Crippen LogP contribution >= 0.6 is 0 Å². The van der Waals surface area contributed by atoms with Gasteiger partial charge in [0.05, 0.1) is 11.7 Å². The van der Waals surface area contributed by atoms with Crippen LogP contribution in [0.1, 0.15) is 27.9 Å². The largest absolute Gasteiger partial charge is 0.333 e. The van der Waals surface area contributed by atoms with Gasteiger partial charge in [0.25, 0.3) is 5.91 Å². The molecule has 0 aliphatic carbocycles. The number of fused-ring (bicyclic) bond motifs is 1. The molecule has 0 N–H and O–H groups in total. The lowest BCUT2D eigenvalue weighted by Crippen LogP contribution is -2.51. The standard InChI is InChI=1S/C18H17FN4O/c1-11-8-12(2)23(21-11)14-9-22(10-14)18(24)16-7-6-13-4-3-5-15(19)17(13)20-16/h3-8,14H,9-10H2,1-2H3. The summed E-state index contributed by atoms with van der Waals surface area (Å²) in [7, 11) is 0. The number of para-hydroxylation sites is 1. The molecule has 122 valence electrons. The van der Waals surface area contributed by atoms with E-state index in [1.807, 2.05) is 24.6 Å². The molecule has 1 saturated heterocycles. The summed E-state index contributed by atoms with van der Waals surface area (Å²) < 4.78 is 15.8. The molecular formula is C18H17FN4O. The summed E-state index contributed by atoms with van der Waals surface area (Å²) in [5, 5.41) is 5.16. The highest BCUT2D eigenvalue weighted by atomic mass is 19.1. The second-order valence-corrected chi connectivity index (χ2v) is 6.24. The first kappa shape index (κ1) is 14.8. The van der Waals surface area contributed by atoms with Crippen LogP contribution in [0.15, 0.2) is 36.4 Å². The number of rotatable bonds is 2. The molecule has 5 nitrogen and oxygen atoms in total. The van der Waals surface area contributed by atoms with Crippen molar-refractivity contribution < 1.29 is 9.18 Å². The maximum absolute atomic E-state index is 13.9. The average Bonchev–Trinajstić information content (AvgIpc) is 2.84. The van der Waals surface area contributed by atoms with Gasteiger partial charge in [-0.05, 0) is 32.0 Å². The van der Waals surface area contributed by atoms with E-state index in [-0.39, 0.29) is 23.2 Å². The fourth-order valence-corrected chi connectivity index (χ4v) is 3.18. The van der Waals surface area contributed by atoms with Crippen LogP contribution in [0, 0.1) is 19.7 Å². The average molecular weight is 324 g/mol. The van der Waals surface area contributed by atoms with E-state index in [2.05, 4.69) is 10.1 Å². The van der Waals surface area contributed by atoms with Crippen LogP contribution in [0.3, 0.4) is 0 Å². The van der Waals surface area contributed by atoms with Gasteiger partial charge in [-0.15, -0.1) is 0 Å². The van der Waals surface area contributed by atoms with Crippen LogP contribution in [0.5, 0.6) is 0 Å². The van der Waals surface area contributed by atoms with Gasteiger partial charge in [0.2, 0.25) is 0 Å². The van der Waals surface area contributed by atoms with Crippen LogP contribution in [-0.2, 0) is 0 Å². The highest BCUT2D eigenvalue weighted by Gasteiger charge is 2.34. The summed E-state index contributed by atoms with van der Waals surface area (Å²) in [4.78, 5) is 18.5. The summed E-state index contributed by atoms with van der Waals surface area (Å²) in [6.45, 7) is 5.16. The topological polar surface area (TPSA) is 51.0 Å². The Balaban J connectivity index is 1.53. The molecule has 0 atom stereocenters. The second kappa shape index (κ2) is 5.40. The lowest BCUT2D eigenvalue weighted by Gasteiger charge is -2.39. The van der Waals surface area contributed by atoms with E-state index in [0.29, 0.717) is 18.5 Å². The Hall–Kier alpha value is -2.76. The molecule has 1 aliphatic rings. The normalized spacial score (nSPS) is 14.9. The van der Waals surface area contributed by atoms with Gasteiger partial charge in [-0.2, -0.15) is 5.10 Å². The number of carbonyl (C=O) groups excluding carboxylic acids is 1. The minimum atomic E-state index is -0.411. The molecular weight excluding hydrogens is 307 g/mol. The summed E-state index contributed by atoms with van der Waals surface area (Å²) in [5.41, 5.74) is 2.58. The van der Waals surface area contributed by atoms with Crippen molar-refractivity contribution in [3.8, 4) is 0 Å². The SMILES string of the molecule is Cc1cc(C)n(C2CN(C(=O)c3ccc4cccc(F)c4n3)C2)n1. The lowest BCUT2D eigenvalue weighted by molar-refractivity contribution is 0.0492. The Morgan fingerprint density at radius 2 is 2.00 bits per heavy atom. The van der Waals surface area contributed by atoms with E-state index < -0.39 is 5.82 Å². The molecule has 3 aromatic rings. The zero-order valence-electron chi connectivity index (χ0n) is 13.5. The smallest absolute Gasteiger partial charge is 0.272 e. The van der Waals surface area contributed by atoms with Crippen molar-refractivity contribution in [2.45, 2.75) is 19.9 Å². The number of halogens is 1. The fourth-order valence-electron chi connectivity index (χ4n) is 3.18. The van der Waals surface area contributed by atoms with Gasteiger partial charge in [-0.1, -0.05) is 18.2 Å². The maximum Gasteiger partial charge on any atom is 0.272 e. The number of benzene rings is 1. The number of nitrogens with zero attached hydrogens (tertiary/aromatic N) is 4. The number of hydrogen-bond acceptors (Lipinski definition) is 3. The molecule has 0 spiro atoms. The number of aromatic nitrogens is 3. The maximum atomic E-state index is 13.9. The first-order valence-electron chi connectivity index (χ1n) is 7.90. The van der Waals surface area contributed by atoms with Crippen LogP contribution in [0.25, 0.3) is 10.9 Å². The molecule has 24 heavy (non-hydrogen) atoms. The van der Waals surface area contributed by atoms with Gasteiger partial charge >= 0.3 is 0 Å². The minimum absolute atomic E-state index is 0.169. The Bertz CT molecular complexity index is 943. The predicted octanol–water partition coefficient (Wildman–Crippen LogP) is 2.88. The summed E-state index contributed by atoms with van der Waals surface area (Å²) in [6, 6.07) is 10.4. The van der Waals surface area contributed by atoms with E-state index in [1.54, 1.807) is 29.2 Å². The Morgan fingerprint density at radius 3 is 2.71 bits per heavy atom. The molecule has 0 radical (unpaired) electrons. The van der Waals surface area contributed by atoms with Crippen molar-refractivity contribution in [1.29, 1.82) is 0 Å². The molecule has 4 rings (SSSR count). The van der Waals surface area contributed by atoms with Gasteiger partial charge < -0.3 is 4.90 Å². The van der Waals surface area contributed by atoms with Gasteiger partial charge in [0, 0.05) is 24.2 Å². The highest BCUT2D eigenvalue weighted by Crippen LogP contribution is 2.25. The van der Waals surface area contributed by atoms with Crippen molar-refractivity contribution in [2.24, 2.45) is 0 Å². The molecule has 0 unspecified atom stereocenters. The van der Waals surface area contributed by atoms with Crippen LogP contribution in [0.4, 0.5) is 4.39 Å². The number of amides is 1. The zero-order valence-corrected chi connectivity index (χ0v) is 13.5. The van der Waals surface area contributed by atoms with Gasteiger partial charge in [0.1, 0.15) is 17.0 Å². The van der Waals surface area contributed by atoms with Crippen molar-refractivity contribution in [3.05, 3.63) is 59.3 Å². The minimum Gasteiger partial charge on any atom is -0.333 e. The molecule has 1 aromatic carbocycles. The van der Waals surface area contributed by atoms with Crippen molar-refractivity contribution >= 4 is 16.8 Å². The molecule has 6 heteroatoms. The van der Waals surface area contributed by atoms with E-state index in [4.69, 9.17) is 0 Å². The Morgan fingerprint density at radius 1 is 1.21 bits per heavy atom. The summed E-state index contributed by atoms with van der Waals surface area (Å²) >= 11 is 0. The van der Waals surface area contributed by atoms with Crippen molar-refractivity contribution in [3.63, 3.8) is 0 Å². The Kier molecular flexibility index (Phi) is 3.33. The Labute approximate surface area is 138 Å². The predicted molar refractivity (Wildman–Crippen MR) is 88.3 cm³/mol. The van der Waals surface area contributed by atoms with Gasteiger partial charge in [-0.3, -0.25) is 9.48 Å². The van der Waals surface area contributed by atoms with E-state index in [0.717, 1.165) is 11.4 Å². The van der Waals surface area contributed by atoms with Crippen LogP contribution in [-0.4, -0.2) is 38.7 Å². The third kappa shape index (κ3) is 2.35. The monoisotopic (exact) mass is 324 g/mol. The molecule has 0 bridgehead atoms. The zero-order chi connectivity index (χ0) is 16.8. The summed E-state index contributed by atoms with van der Waals surface area (Å²) in [6.07, 6.45) is 0.